The third kappa shape index (κ3) is 6.91. The number of hydrogen-bond acceptors (Lipinski definition) is 3. The molecule has 0 bridgehead atoms. The van der Waals surface area contributed by atoms with Gasteiger partial charge in [-0.1, -0.05) is 32.9 Å². The van der Waals surface area contributed by atoms with Crippen LogP contribution in [0.4, 0.5) is 5.69 Å². The molecule has 0 aliphatic heterocycles. The molecule has 1 aromatic carbocycles. The van der Waals surface area contributed by atoms with Crippen molar-refractivity contribution in [1.29, 1.82) is 0 Å². The number of benzene rings is 1. The Bertz CT molecular complexity index is 481. The molecule has 0 spiro atoms. The predicted molar refractivity (Wildman–Crippen MR) is 85.6 cm³/mol. The average Bonchev–Trinajstić information content (AvgIpc) is 2.38. The summed E-state index contributed by atoms with van der Waals surface area (Å²) >= 11 is 0. The van der Waals surface area contributed by atoms with Gasteiger partial charge in [-0.15, -0.1) is 0 Å². The van der Waals surface area contributed by atoms with Crippen molar-refractivity contribution >= 4 is 15.7 Å². The normalized spacial score (nSPS) is 11.8. The summed E-state index contributed by atoms with van der Waals surface area (Å²) in [6.07, 6.45) is 2.49. The lowest BCUT2D eigenvalue weighted by Crippen LogP contribution is -2.24. The van der Waals surface area contributed by atoms with Crippen LogP contribution in [-0.2, 0) is 16.4 Å². The van der Waals surface area contributed by atoms with Gasteiger partial charge in [0.1, 0.15) is 0 Å². The summed E-state index contributed by atoms with van der Waals surface area (Å²) in [5.41, 5.74) is 1.84. The van der Waals surface area contributed by atoms with Crippen molar-refractivity contribution in [2.24, 2.45) is 0 Å². The Morgan fingerprint density at radius 3 is 2.30 bits per heavy atom. The first-order valence-electron chi connectivity index (χ1n) is 7.26. The van der Waals surface area contributed by atoms with Gasteiger partial charge in [-0.25, -0.2) is 8.42 Å². The van der Waals surface area contributed by atoms with Gasteiger partial charge in [0.05, 0.1) is 5.75 Å². The number of unbranched alkanes of at least 4 members (excludes halogenated alkanes) is 1. The van der Waals surface area contributed by atoms with E-state index in [-0.39, 0.29) is 5.75 Å². The molecule has 1 rings (SSSR count). The van der Waals surface area contributed by atoms with Gasteiger partial charge in [-0.2, -0.15) is 0 Å². The Hall–Kier alpha value is -1.07. The second-order valence-electron chi connectivity index (χ2n) is 5.29. The molecule has 0 aliphatic carbocycles. The smallest absolute Gasteiger partial charge is 0.232 e. The van der Waals surface area contributed by atoms with Gasteiger partial charge in [-0.3, -0.25) is 4.72 Å². The molecule has 2 N–H and O–H groups in total. The third-order valence-corrected chi connectivity index (χ3v) is 4.40. The van der Waals surface area contributed by atoms with Crippen molar-refractivity contribution in [3.63, 3.8) is 0 Å². The lowest BCUT2D eigenvalue weighted by Gasteiger charge is -2.10. The minimum Gasteiger partial charge on any atom is -0.315 e. The van der Waals surface area contributed by atoms with Crippen LogP contribution in [0.1, 0.15) is 39.2 Å². The lowest BCUT2D eigenvalue weighted by molar-refractivity contribution is 0.561. The van der Waals surface area contributed by atoms with Crippen molar-refractivity contribution in [3.8, 4) is 0 Å². The minimum atomic E-state index is -3.23. The van der Waals surface area contributed by atoms with Crippen LogP contribution < -0.4 is 10.0 Å². The number of aryl methyl sites for hydroxylation is 1. The molecule has 0 saturated carbocycles. The SMILES string of the molecule is CCc1ccc(NS(=O)(=O)CCCCNC(C)C)cc1. The maximum absolute atomic E-state index is 11.9. The summed E-state index contributed by atoms with van der Waals surface area (Å²) < 4.78 is 26.5. The largest absolute Gasteiger partial charge is 0.315 e. The van der Waals surface area contributed by atoms with E-state index in [1.54, 1.807) is 0 Å². The lowest BCUT2D eigenvalue weighted by atomic mass is 10.2. The molecule has 5 heteroatoms. The van der Waals surface area contributed by atoms with E-state index in [4.69, 9.17) is 0 Å². The average molecular weight is 298 g/mol. The molecule has 4 nitrogen and oxygen atoms in total. The summed E-state index contributed by atoms with van der Waals surface area (Å²) in [4.78, 5) is 0. The highest BCUT2D eigenvalue weighted by atomic mass is 32.2. The van der Waals surface area contributed by atoms with Crippen LogP contribution in [-0.4, -0.2) is 26.8 Å². The highest BCUT2D eigenvalue weighted by molar-refractivity contribution is 7.92. The Morgan fingerprint density at radius 2 is 1.75 bits per heavy atom. The fraction of sp³-hybridized carbons (Fsp3) is 0.600. The molecule has 0 fully saturated rings. The Labute approximate surface area is 123 Å². The van der Waals surface area contributed by atoms with E-state index < -0.39 is 10.0 Å². The Morgan fingerprint density at radius 1 is 1.10 bits per heavy atom. The summed E-state index contributed by atoms with van der Waals surface area (Å²) in [5, 5.41) is 3.28. The van der Waals surface area contributed by atoms with E-state index in [1.807, 2.05) is 24.3 Å². The molecule has 0 aliphatic rings. The maximum atomic E-state index is 11.9. The van der Waals surface area contributed by atoms with Gasteiger partial charge in [0, 0.05) is 11.7 Å². The highest BCUT2D eigenvalue weighted by Crippen LogP contribution is 2.12. The molecular formula is C15H26N2O2S. The van der Waals surface area contributed by atoms with Crippen molar-refractivity contribution in [2.45, 2.75) is 46.1 Å². The molecule has 114 valence electrons. The van der Waals surface area contributed by atoms with Crippen LogP contribution in [0, 0.1) is 0 Å². The predicted octanol–water partition coefficient (Wildman–Crippen LogP) is 2.77. The van der Waals surface area contributed by atoms with Gasteiger partial charge in [-0.05, 0) is 43.5 Å². The van der Waals surface area contributed by atoms with Crippen molar-refractivity contribution < 1.29 is 8.42 Å². The van der Waals surface area contributed by atoms with Gasteiger partial charge in [0.15, 0.2) is 0 Å². The monoisotopic (exact) mass is 298 g/mol. The number of anilines is 1. The molecule has 0 saturated heterocycles. The van der Waals surface area contributed by atoms with Gasteiger partial charge in [0.25, 0.3) is 0 Å². The molecule has 0 aromatic heterocycles. The highest BCUT2D eigenvalue weighted by Gasteiger charge is 2.09. The van der Waals surface area contributed by atoms with Crippen LogP contribution in [0.2, 0.25) is 0 Å². The molecule has 0 unspecified atom stereocenters. The zero-order chi connectivity index (χ0) is 15.0. The van der Waals surface area contributed by atoms with Gasteiger partial charge in [0.2, 0.25) is 10.0 Å². The Kier molecular flexibility index (Phi) is 7.02. The molecule has 0 heterocycles. The van der Waals surface area contributed by atoms with Crippen LogP contribution in [0.25, 0.3) is 0 Å². The summed E-state index contributed by atoms with van der Waals surface area (Å²) in [6, 6.07) is 7.98. The van der Waals surface area contributed by atoms with Gasteiger partial charge < -0.3 is 5.32 Å². The minimum absolute atomic E-state index is 0.169. The molecule has 0 atom stereocenters. The summed E-state index contributed by atoms with van der Waals surface area (Å²) in [5.74, 6) is 0.169. The first kappa shape index (κ1) is 17.0. The van der Waals surface area contributed by atoms with E-state index in [0.29, 0.717) is 18.2 Å². The fourth-order valence-corrected chi connectivity index (χ4v) is 3.03. The van der Waals surface area contributed by atoms with E-state index in [9.17, 15) is 8.42 Å². The maximum Gasteiger partial charge on any atom is 0.232 e. The van der Waals surface area contributed by atoms with E-state index in [0.717, 1.165) is 19.4 Å². The standard InChI is InChI=1S/C15H26N2O2S/c1-4-14-7-9-15(10-8-14)17-20(18,19)12-6-5-11-16-13(2)3/h7-10,13,16-17H,4-6,11-12H2,1-3H3. The number of hydrogen-bond donors (Lipinski definition) is 2. The third-order valence-electron chi connectivity index (χ3n) is 3.03. The molecule has 20 heavy (non-hydrogen) atoms. The van der Waals surface area contributed by atoms with Crippen molar-refractivity contribution in [3.05, 3.63) is 29.8 Å². The molecule has 0 amide bonds. The topological polar surface area (TPSA) is 58.2 Å². The van der Waals surface area contributed by atoms with Crippen LogP contribution in [0.15, 0.2) is 24.3 Å². The zero-order valence-corrected chi connectivity index (χ0v) is 13.5. The Balaban J connectivity index is 2.36. The molecule has 1 aromatic rings. The number of rotatable bonds is 9. The summed E-state index contributed by atoms with van der Waals surface area (Å²) in [6.45, 7) is 7.10. The summed E-state index contributed by atoms with van der Waals surface area (Å²) in [7, 11) is -3.23. The van der Waals surface area contributed by atoms with Crippen LogP contribution in [0.3, 0.4) is 0 Å². The van der Waals surface area contributed by atoms with E-state index in [2.05, 4.69) is 30.8 Å². The molecular weight excluding hydrogens is 272 g/mol. The van der Waals surface area contributed by atoms with Gasteiger partial charge >= 0.3 is 0 Å². The first-order chi connectivity index (χ1) is 9.43. The van der Waals surface area contributed by atoms with Crippen molar-refractivity contribution in [1.82, 2.24) is 5.32 Å². The zero-order valence-electron chi connectivity index (χ0n) is 12.6. The second kappa shape index (κ2) is 8.27. The number of nitrogens with one attached hydrogen (secondary N) is 2. The fourth-order valence-electron chi connectivity index (χ4n) is 1.85. The van der Waals surface area contributed by atoms with Crippen LogP contribution in [0.5, 0.6) is 0 Å². The molecule has 0 radical (unpaired) electrons. The van der Waals surface area contributed by atoms with Crippen molar-refractivity contribution in [2.75, 3.05) is 17.0 Å². The second-order valence-corrected chi connectivity index (χ2v) is 7.13. The quantitative estimate of drug-likeness (QED) is 0.689. The van der Waals surface area contributed by atoms with Crippen LogP contribution >= 0.6 is 0 Å². The number of sulfonamides is 1. The van der Waals surface area contributed by atoms with E-state index in [1.165, 1.54) is 5.56 Å². The van der Waals surface area contributed by atoms with E-state index >= 15 is 0 Å². The first-order valence-corrected chi connectivity index (χ1v) is 8.91.